The number of aromatic nitrogens is 1. The van der Waals surface area contributed by atoms with Gasteiger partial charge >= 0.3 is 0 Å². The molecule has 1 aromatic heterocycles. The van der Waals surface area contributed by atoms with E-state index in [1.54, 1.807) is 25.7 Å². The number of nitrogens with zero attached hydrogens (tertiary/aromatic N) is 2. The number of nitrogens with one attached hydrogen (secondary N) is 1. The van der Waals surface area contributed by atoms with Crippen molar-refractivity contribution in [3.05, 3.63) is 29.3 Å². The summed E-state index contributed by atoms with van der Waals surface area (Å²) in [5.74, 6) is 2.08. The Kier molecular flexibility index (Phi) is 5.43. The number of benzene rings is 1. The zero-order chi connectivity index (χ0) is 17.8. The molecule has 1 saturated heterocycles. The summed E-state index contributed by atoms with van der Waals surface area (Å²) >= 11 is 1.41. The number of thiazole rings is 1. The zero-order valence-corrected chi connectivity index (χ0v) is 15.6. The Bertz CT molecular complexity index is 739. The summed E-state index contributed by atoms with van der Waals surface area (Å²) in [6.07, 6.45) is 2.12. The molecule has 0 unspecified atom stereocenters. The second-order valence-corrected chi connectivity index (χ2v) is 7.06. The van der Waals surface area contributed by atoms with Gasteiger partial charge in [0, 0.05) is 24.5 Å². The SMILES string of the molecule is COc1ccc(Nc2nc(C(=O)N3CCC(C)CC3)cs2)c(OC)c1. The summed E-state index contributed by atoms with van der Waals surface area (Å²) in [5.41, 5.74) is 1.28. The second-order valence-electron chi connectivity index (χ2n) is 6.20. The van der Waals surface area contributed by atoms with Gasteiger partial charge in [-0.25, -0.2) is 4.98 Å². The molecule has 2 aromatic rings. The Balaban J connectivity index is 1.70. The third kappa shape index (κ3) is 4.04. The number of anilines is 2. The van der Waals surface area contributed by atoms with Gasteiger partial charge in [0.25, 0.3) is 5.91 Å². The summed E-state index contributed by atoms with van der Waals surface area (Å²) in [5, 5.41) is 5.68. The molecule has 1 aromatic carbocycles. The van der Waals surface area contributed by atoms with Gasteiger partial charge in [-0.3, -0.25) is 4.79 Å². The maximum Gasteiger partial charge on any atom is 0.273 e. The van der Waals surface area contributed by atoms with E-state index in [1.165, 1.54) is 11.3 Å². The van der Waals surface area contributed by atoms with E-state index in [1.807, 2.05) is 17.0 Å². The number of likely N-dealkylation sites (tertiary alicyclic amines) is 1. The van der Waals surface area contributed by atoms with Crippen LogP contribution in [0.2, 0.25) is 0 Å². The Labute approximate surface area is 151 Å². The fourth-order valence-electron chi connectivity index (χ4n) is 2.82. The van der Waals surface area contributed by atoms with E-state index < -0.39 is 0 Å². The molecule has 0 spiro atoms. The van der Waals surface area contributed by atoms with E-state index in [-0.39, 0.29) is 5.91 Å². The highest BCUT2D eigenvalue weighted by atomic mass is 32.1. The molecule has 1 amide bonds. The molecule has 0 saturated carbocycles. The van der Waals surface area contributed by atoms with Crippen molar-refractivity contribution >= 4 is 28.1 Å². The number of amides is 1. The third-order valence-corrected chi connectivity index (χ3v) is 5.20. The molecule has 7 heteroatoms. The van der Waals surface area contributed by atoms with Crippen molar-refractivity contribution < 1.29 is 14.3 Å². The van der Waals surface area contributed by atoms with Crippen LogP contribution in [0.1, 0.15) is 30.3 Å². The van der Waals surface area contributed by atoms with E-state index in [2.05, 4.69) is 17.2 Å². The fourth-order valence-corrected chi connectivity index (χ4v) is 3.52. The molecular formula is C18H23N3O3S. The van der Waals surface area contributed by atoms with Crippen molar-refractivity contribution in [2.75, 3.05) is 32.6 Å². The molecule has 0 atom stereocenters. The summed E-state index contributed by atoms with van der Waals surface area (Å²) in [4.78, 5) is 18.9. The van der Waals surface area contributed by atoms with Crippen LogP contribution in [0.4, 0.5) is 10.8 Å². The summed E-state index contributed by atoms with van der Waals surface area (Å²) in [6.45, 7) is 3.86. The van der Waals surface area contributed by atoms with Gasteiger partial charge < -0.3 is 19.7 Å². The van der Waals surface area contributed by atoms with Crippen LogP contribution in [0.15, 0.2) is 23.6 Å². The van der Waals surface area contributed by atoms with Crippen molar-refractivity contribution in [2.45, 2.75) is 19.8 Å². The Morgan fingerprint density at radius 2 is 2.04 bits per heavy atom. The quantitative estimate of drug-likeness (QED) is 0.878. The minimum Gasteiger partial charge on any atom is -0.497 e. The molecule has 2 heterocycles. The van der Waals surface area contributed by atoms with E-state index in [9.17, 15) is 4.79 Å². The van der Waals surface area contributed by atoms with Gasteiger partial charge in [-0.15, -0.1) is 11.3 Å². The predicted octanol–water partition coefficient (Wildman–Crippen LogP) is 3.78. The van der Waals surface area contributed by atoms with Crippen LogP contribution in [0, 0.1) is 5.92 Å². The first-order valence-electron chi connectivity index (χ1n) is 8.34. The topological polar surface area (TPSA) is 63.7 Å². The van der Waals surface area contributed by atoms with Crippen LogP contribution in [0.5, 0.6) is 11.5 Å². The largest absolute Gasteiger partial charge is 0.497 e. The van der Waals surface area contributed by atoms with Crippen molar-refractivity contribution in [3.8, 4) is 11.5 Å². The molecule has 1 aliphatic rings. The second kappa shape index (κ2) is 7.74. The first-order valence-corrected chi connectivity index (χ1v) is 9.22. The highest BCUT2D eigenvalue weighted by molar-refractivity contribution is 7.14. The number of methoxy groups -OCH3 is 2. The van der Waals surface area contributed by atoms with Crippen molar-refractivity contribution in [1.82, 2.24) is 9.88 Å². The predicted molar refractivity (Wildman–Crippen MR) is 99.2 cm³/mol. The Morgan fingerprint density at radius 1 is 1.28 bits per heavy atom. The number of hydrogen-bond donors (Lipinski definition) is 1. The van der Waals surface area contributed by atoms with Gasteiger partial charge in [0.05, 0.1) is 19.9 Å². The van der Waals surface area contributed by atoms with Gasteiger partial charge in [-0.2, -0.15) is 0 Å². The van der Waals surface area contributed by atoms with Crippen molar-refractivity contribution in [2.24, 2.45) is 5.92 Å². The van der Waals surface area contributed by atoms with Gasteiger partial charge in [0.1, 0.15) is 17.2 Å². The van der Waals surface area contributed by atoms with Gasteiger partial charge in [0.2, 0.25) is 0 Å². The third-order valence-electron chi connectivity index (χ3n) is 4.44. The van der Waals surface area contributed by atoms with E-state index >= 15 is 0 Å². The molecular weight excluding hydrogens is 338 g/mol. The van der Waals surface area contributed by atoms with Gasteiger partial charge in [-0.05, 0) is 30.9 Å². The normalized spacial score (nSPS) is 15.1. The Morgan fingerprint density at radius 3 is 2.72 bits per heavy atom. The van der Waals surface area contributed by atoms with Crippen LogP contribution < -0.4 is 14.8 Å². The molecule has 1 N–H and O–H groups in total. The highest BCUT2D eigenvalue weighted by Gasteiger charge is 2.23. The van der Waals surface area contributed by atoms with Crippen LogP contribution in [-0.4, -0.2) is 43.1 Å². The number of rotatable bonds is 5. The monoisotopic (exact) mass is 361 g/mol. The lowest BCUT2D eigenvalue weighted by molar-refractivity contribution is 0.0692. The zero-order valence-electron chi connectivity index (χ0n) is 14.7. The maximum absolute atomic E-state index is 12.6. The van der Waals surface area contributed by atoms with Gasteiger partial charge in [0.15, 0.2) is 5.13 Å². The summed E-state index contributed by atoms with van der Waals surface area (Å²) in [6, 6.07) is 5.52. The van der Waals surface area contributed by atoms with Crippen LogP contribution in [-0.2, 0) is 0 Å². The number of hydrogen-bond acceptors (Lipinski definition) is 6. The van der Waals surface area contributed by atoms with Crippen LogP contribution >= 0.6 is 11.3 Å². The molecule has 25 heavy (non-hydrogen) atoms. The molecule has 0 aliphatic carbocycles. The highest BCUT2D eigenvalue weighted by Crippen LogP contribution is 2.32. The molecule has 134 valence electrons. The van der Waals surface area contributed by atoms with Crippen molar-refractivity contribution in [1.29, 1.82) is 0 Å². The molecule has 1 aliphatic heterocycles. The number of piperidine rings is 1. The van der Waals surface area contributed by atoms with E-state index in [4.69, 9.17) is 9.47 Å². The minimum absolute atomic E-state index is 0.0119. The fraction of sp³-hybridized carbons (Fsp3) is 0.444. The summed E-state index contributed by atoms with van der Waals surface area (Å²) < 4.78 is 10.6. The van der Waals surface area contributed by atoms with E-state index in [0.29, 0.717) is 22.5 Å². The molecule has 1 fully saturated rings. The standard InChI is InChI=1S/C18H23N3O3S/c1-12-6-8-21(9-7-12)17(22)15-11-25-18(20-15)19-14-5-4-13(23-2)10-16(14)24-3/h4-5,10-12H,6-9H2,1-3H3,(H,19,20). The van der Waals surface area contributed by atoms with Crippen LogP contribution in [0.3, 0.4) is 0 Å². The van der Waals surface area contributed by atoms with Crippen molar-refractivity contribution in [3.63, 3.8) is 0 Å². The lowest BCUT2D eigenvalue weighted by atomic mass is 9.99. The lowest BCUT2D eigenvalue weighted by Gasteiger charge is -2.29. The van der Waals surface area contributed by atoms with Gasteiger partial charge in [-0.1, -0.05) is 6.92 Å². The minimum atomic E-state index is 0.0119. The molecule has 3 rings (SSSR count). The number of carbonyl (C=O) groups excluding carboxylic acids is 1. The first-order chi connectivity index (χ1) is 12.1. The lowest BCUT2D eigenvalue weighted by Crippen LogP contribution is -2.38. The van der Waals surface area contributed by atoms with E-state index in [0.717, 1.165) is 37.4 Å². The smallest absolute Gasteiger partial charge is 0.273 e. The molecule has 6 nitrogen and oxygen atoms in total. The maximum atomic E-state index is 12.6. The number of carbonyl (C=O) groups is 1. The first kappa shape index (κ1) is 17.5. The Hall–Kier alpha value is -2.28. The summed E-state index contributed by atoms with van der Waals surface area (Å²) in [7, 11) is 3.22. The van der Waals surface area contributed by atoms with Crippen LogP contribution in [0.25, 0.3) is 0 Å². The average Bonchev–Trinajstić information content (AvgIpc) is 3.10. The average molecular weight is 361 g/mol. The number of ether oxygens (including phenoxy) is 2. The molecule has 0 bridgehead atoms. The molecule has 0 radical (unpaired) electrons.